The molecule has 106 valence electrons. The lowest BCUT2D eigenvalue weighted by Gasteiger charge is -2.08. The first-order valence-corrected chi connectivity index (χ1v) is 6.20. The topological polar surface area (TPSA) is 44.2 Å². The number of nitrogens with zero attached hydrogens (tertiary/aromatic N) is 2. The van der Waals surface area contributed by atoms with Crippen molar-refractivity contribution in [3.63, 3.8) is 0 Å². The number of hydrogen-bond donors (Lipinski definition) is 0. The Labute approximate surface area is 119 Å². The van der Waals surface area contributed by atoms with Crippen molar-refractivity contribution in [2.45, 2.75) is 13.5 Å². The molecule has 20 heavy (non-hydrogen) atoms. The smallest absolute Gasteiger partial charge is 0.224 e. The minimum absolute atomic E-state index is 0.0178. The highest BCUT2D eigenvalue weighted by Crippen LogP contribution is 2.25. The first-order chi connectivity index (χ1) is 9.58. The first kappa shape index (κ1) is 14.6. The van der Waals surface area contributed by atoms with Gasteiger partial charge in [-0.3, -0.25) is 0 Å². The summed E-state index contributed by atoms with van der Waals surface area (Å²) in [6, 6.07) is 4.19. The molecule has 7 heteroatoms. The predicted octanol–water partition coefficient (Wildman–Crippen LogP) is 3.74. The Balaban J connectivity index is 2.24. The number of hydrogen-bond acceptors (Lipinski definition) is 4. The molecule has 0 aliphatic heterocycles. The molecule has 0 atom stereocenters. The van der Waals surface area contributed by atoms with Crippen molar-refractivity contribution in [2.75, 3.05) is 6.61 Å². The zero-order chi connectivity index (χ0) is 14.5. The van der Waals surface area contributed by atoms with Crippen LogP contribution >= 0.6 is 11.6 Å². The molecule has 0 amide bonds. The van der Waals surface area contributed by atoms with Crippen LogP contribution in [0.3, 0.4) is 0 Å². The minimum atomic E-state index is -0.701. The number of benzene rings is 1. The quantitative estimate of drug-likeness (QED) is 0.789. The van der Waals surface area contributed by atoms with E-state index in [1.54, 1.807) is 0 Å². The summed E-state index contributed by atoms with van der Waals surface area (Å²) in [6.07, 6.45) is 0. The fourth-order valence-corrected chi connectivity index (χ4v) is 1.61. The molecular weight excluding hydrogens is 290 g/mol. The fraction of sp³-hybridized carbons (Fsp3) is 0.231. The third kappa shape index (κ3) is 3.85. The van der Waals surface area contributed by atoms with E-state index in [1.807, 2.05) is 6.92 Å². The lowest BCUT2D eigenvalue weighted by molar-refractivity contribution is 0.127. The molecule has 0 fully saturated rings. The van der Waals surface area contributed by atoms with Gasteiger partial charge in [0.05, 0.1) is 0 Å². The van der Waals surface area contributed by atoms with E-state index in [0.29, 0.717) is 12.4 Å². The second kappa shape index (κ2) is 6.58. The Morgan fingerprint density at radius 2 is 2.00 bits per heavy atom. The summed E-state index contributed by atoms with van der Waals surface area (Å²) in [5.74, 6) is -1.28. The monoisotopic (exact) mass is 300 g/mol. The second-order valence-electron chi connectivity index (χ2n) is 3.76. The van der Waals surface area contributed by atoms with Crippen LogP contribution in [-0.4, -0.2) is 16.6 Å². The van der Waals surface area contributed by atoms with E-state index < -0.39 is 11.6 Å². The van der Waals surface area contributed by atoms with Crippen molar-refractivity contribution in [3.05, 3.63) is 46.9 Å². The summed E-state index contributed by atoms with van der Waals surface area (Å²) >= 11 is 5.81. The second-order valence-corrected chi connectivity index (χ2v) is 4.15. The molecule has 0 N–H and O–H groups in total. The highest BCUT2D eigenvalue weighted by molar-refractivity contribution is 6.29. The zero-order valence-corrected chi connectivity index (χ0v) is 11.3. The highest BCUT2D eigenvalue weighted by Gasteiger charge is 2.10. The molecule has 0 aliphatic carbocycles. The van der Waals surface area contributed by atoms with Gasteiger partial charge >= 0.3 is 0 Å². The van der Waals surface area contributed by atoms with Crippen LogP contribution in [0.25, 0.3) is 0 Å². The fourth-order valence-electron chi connectivity index (χ4n) is 1.42. The molecule has 0 unspecified atom stereocenters. The van der Waals surface area contributed by atoms with Gasteiger partial charge in [-0.15, -0.1) is 0 Å². The van der Waals surface area contributed by atoms with Crippen LogP contribution in [0.4, 0.5) is 8.78 Å². The third-order valence-corrected chi connectivity index (χ3v) is 2.45. The molecule has 0 spiro atoms. The predicted molar refractivity (Wildman–Crippen MR) is 68.8 cm³/mol. The molecule has 0 bridgehead atoms. The average molecular weight is 301 g/mol. The molecule has 0 saturated heterocycles. The van der Waals surface area contributed by atoms with Crippen LogP contribution in [0.5, 0.6) is 11.6 Å². The van der Waals surface area contributed by atoms with E-state index in [0.717, 1.165) is 18.2 Å². The summed E-state index contributed by atoms with van der Waals surface area (Å²) in [5.41, 5.74) is 0. The maximum Gasteiger partial charge on any atom is 0.224 e. The van der Waals surface area contributed by atoms with Crippen LogP contribution in [0, 0.1) is 11.6 Å². The van der Waals surface area contributed by atoms with Gasteiger partial charge in [0, 0.05) is 18.7 Å². The van der Waals surface area contributed by atoms with E-state index in [-0.39, 0.29) is 23.4 Å². The van der Waals surface area contributed by atoms with Gasteiger partial charge in [-0.05, 0) is 19.1 Å². The van der Waals surface area contributed by atoms with Crippen molar-refractivity contribution in [1.29, 1.82) is 0 Å². The first-order valence-electron chi connectivity index (χ1n) is 5.82. The minimum Gasteiger partial charge on any atom is -0.436 e. The van der Waals surface area contributed by atoms with Gasteiger partial charge in [-0.2, -0.15) is 4.98 Å². The van der Waals surface area contributed by atoms with Gasteiger partial charge in [0.25, 0.3) is 0 Å². The molecule has 2 rings (SSSR count). The number of halogens is 3. The SMILES string of the molecule is CCOCc1nc(Cl)cc(Oc2cc(F)ccc2F)n1. The van der Waals surface area contributed by atoms with Crippen molar-refractivity contribution in [2.24, 2.45) is 0 Å². The molecule has 4 nitrogen and oxygen atoms in total. The van der Waals surface area contributed by atoms with Gasteiger partial charge in [-0.25, -0.2) is 13.8 Å². The molecule has 1 aromatic heterocycles. The van der Waals surface area contributed by atoms with Crippen molar-refractivity contribution >= 4 is 11.6 Å². The number of rotatable bonds is 5. The van der Waals surface area contributed by atoms with Crippen LogP contribution in [0.15, 0.2) is 24.3 Å². The standard InChI is InChI=1S/C13H11ClF2N2O2/c1-2-19-7-12-17-11(14)6-13(18-12)20-10-5-8(15)3-4-9(10)16/h3-6H,2,7H2,1H3. The van der Waals surface area contributed by atoms with Gasteiger partial charge in [0.2, 0.25) is 5.88 Å². The van der Waals surface area contributed by atoms with E-state index >= 15 is 0 Å². The molecule has 2 aromatic rings. The summed E-state index contributed by atoms with van der Waals surface area (Å²) < 4.78 is 36.9. The Morgan fingerprint density at radius 1 is 1.20 bits per heavy atom. The zero-order valence-electron chi connectivity index (χ0n) is 10.6. The maximum absolute atomic E-state index is 13.5. The van der Waals surface area contributed by atoms with Crippen LogP contribution < -0.4 is 4.74 Å². The van der Waals surface area contributed by atoms with E-state index in [1.165, 1.54) is 6.07 Å². The summed E-state index contributed by atoms with van der Waals surface area (Å²) in [4.78, 5) is 7.94. The van der Waals surface area contributed by atoms with E-state index in [2.05, 4.69) is 9.97 Å². The van der Waals surface area contributed by atoms with Gasteiger partial charge in [0.1, 0.15) is 17.6 Å². The van der Waals surface area contributed by atoms with Crippen LogP contribution in [0.2, 0.25) is 5.15 Å². The lowest BCUT2D eigenvalue weighted by Crippen LogP contribution is -2.01. The Kier molecular flexibility index (Phi) is 4.81. The molecule has 0 saturated carbocycles. The molecule has 1 aromatic carbocycles. The molecule has 0 aliphatic rings. The molecule has 1 heterocycles. The highest BCUT2D eigenvalue weighted by atomic mass is 35.5. The summed E-state index contributed by atoms with van der Waals surface area (Å²) in [6.45, 7) is 2.47. The van der Waals surface area contributed by atoms with Gasteiger partial charge in [-0.1, -0.05) is 11.6 Å². The number of ether oxygens (including phenoxy) is 2. The third-order valence-electron chi connectivity index (χ3n) is 2.26. The van der Waals surface area contributed by atoms with E-state index in [9.17, 15) is 8.78 Å². The average Bonchev–Trinajstić information content (AvgIpc) is 2.40. The van der Waals surface area contributed by atoms with Gasteiger partial charge < -0.3 is 9.47 Å². The Bertz CT molecular complexity index is 611. The Morgan fingerprint density at radius 3 is 2.75 bits per heavy atom. The normalized spacial score (nSPS) is 10.6. The Hall–Kier alpha value is -1.79. The van der Waals surface area contributed by atoms with Crippen LogP contribution in [0.1, 0.15) is 12.7 Å². The van der Waals surface area contributed by atoms with Gasteiger partial charge in [0.15, 0.2) is 17.4 Å². The van der Waals surface area contributed by atoms with Crippen molar-refractivity contribution < 1.29 is 18.3 Å². The molecule has 0 radical (unpaired) electrons. The largest absolute Gasteiger partial charge is 0.436 e. The van der Waals surface area contributed by atoms with Crippen molar-refractivity contribution in [3.8, 4) is 11.6 Å². The summed E-state index contributed by atoms with van der Waals surface area (Å²) in [5, 5.41) is 0.126. The van der Waals surface area contributed by atoms with Crippen LogP contribution in [-0.2, 0) is 11.3 Å². The molecular formula is C13H11ClF2N2O2. The maximum atomic E-state index is 13.5. The van der Waals surface area contributed by atoms with Crippen molar-refractivity contribution in [1.82, 2.24) is 9.97 Å². The summed E-state index contributed by atoms with van der Waals surface area (Å²) in [7, 11) is 0. The number of aromatic nitrogens is 2. The van der Waals surface area contributed by atoms with E-state index in [4.69, 9.17) is 21.1 Å². The lowest BCUT2D eigenvalue weighted by atomic mass is 10.3.